The van der Waals surface area contributed by atoms with Crippen molar-refractivity contribution in [2.45, 2.75) is 32.7 Å². The number of carbonyl (C=O) groups is 1. The van der Waals surface area contributed by atoms with Crippen LogP contribution >= 0.6 is 0 Å². The molecule has 0 bridgehead atoms. The number of ether oxygens (including phenoxy) is 1. The largest absolute Gasteiger partial charge is 0.508 e. The van der Waals surface area contributed by atoms with Crippen LogP contribution in [0.3, 0.4) is 0 Å². The van der Waals surface area contributed by atoms with Gasteiger partial charge in [-0.05, 0) is 44.0 Å². The zero-order chi connectivity index (χ0) is 21.1. The molecule has 0 radical (unpaired) electrons. The van der Waals surface area contributed by atoms with E-state index in [2.05, 4.69) is 23.2 Å². The zero-order valence-corrected chi connectivity index (χ0v) is 17.7. The lowest BCUT2D eigenvalue weighted by Gasteiger charge is -2.31. The van der Waals surface area contributed by atoms with E-state index in [1.165, 1.54) is 5.69 Å². The minimum atomic E-state index is 0.118. The third kappa shape index (κ3) is 4.67. The number of phenolic OH excluding ortho intramolecular Hbond substituents is 1. The number of morpholine rings is 1. The van der Waals surface area contributed by atoms with Gasteiger partial charge >= 0.3 is 0 Å². The summed E-state index contributed by atoms with van der Waals surface area (Å²) < 4.78 is 5.49. The number of aryl methyl sites for hydroxylation is 1. The molecule has 160 valence electrons. The first-order chi connectivity index (χ1) is 14.5. The molecule has 1 aromatic carbocycles. The number of carbonyl (C=O) groups excluding carboxylic acids is 1. The van der Waals surface area contributed by atoms with E-state index >= 15 is 0 Å². The van der Waals surface area contributed by atoms with E-state index in [4.69, 9.17) is 9.72 Å². The lowest BCUT2D eigenvalue weighted by molar-refractivity contribution is -0.129. The summed E-state index contributed by atoms with van der Waals surface area (Å²) in [5, 5.41) is 13.0. The van der Waals surface area contributed by atoms with E-state index in [0.717, 1.165) is 61.9 Å². The number of aromatic nitrogens is 1. The van der Waals surface area contributed by atoms with E-state index in [0.29, 0.717) is 13.0 Å². The van der Waals surface area contributed by atoms with E-state index in [9.17, 15) is 9.90 Å². The van der Waals surface area contributed by atoms with Gasteiger partial charge in [-0.1, -0.05) is 12.1 Å². The summed E-state index contributed by atoms with van der Waals surface area (Å²) in [4.78, 5) is 21.7. The highest BCUT2D eigenvalue weighted by Gasteiger charge is 2.27. The van der Waals surface area contributed by atoms with Crippen LogP contribution in [0, 0.1) is 13.8 Å². The van der Waals surface area contributed by atoms with Crippen molar-refractivity contribution in [2.75, 3.05) is 49.6 Å². The molecule has 2 fully saturated rings. The molecule has 2 N–H and O–H groups in total. The van der Waals surface area contributed by atoms with Crippen LogP contribution in [0.25, 0.3) is 0 Å². The van der Waals surface area contributed by atoms with Gasteiger partial charge in [0.05, 0.1) is 19.6 Å². The van der Waals surface area contributed by atoms with Crippen molar-refractivity contribution in [1.29, 1.82) is 0 Å². The lowest BCUT2D eigenvalue weighted by atomic mass is 10.1. The number of pyridine rings is 1. The second-order valence-corrected chi connectivity index (χ2v) is 8.17. The monoisotopic (exact) mass is 410 g/mol. The standard InChI is InChI=1S/C23H30N4O3/c1-16-13-21(26-9-11-30-12-10-26)17(2)23(24-16)25-19-7-8-27(15-19)22(29)14-18-3-5-20(28)6-4-18/h3-6,13,19,28H,7-12,14-15H2,1-2H3,(H,24,25)/t19-/m0/s1. The number of anilines is 2. The van der Waals surface area contributed by atoms with E-state index in [-0.39, 0.29) is 17.7 Å². The molecule has 1 amide bonds. The summed E-state index contributed by atoms with van der Waals surface area (Å²) in [6.07, 6.45) is 1.26. The fourth-order valence-corrected chi connectivity index (χ4v) is 4.19. The molecule has 4 rings (SSSR count). The van der Waals surface area contributed by atoms with Crippen LogP contribution in [-0.2, 0) is 16.0 Å². The Hall–Kier alpha value is -2.80. The Morgan fingerprint density at radius 2 is 1.93 bits per heavy atom. The number of phenols is 1. The second-order valence-electron chi connectivity index (χ2n) is 8.17. The van der Waals surface area contributed by atoms with Gasteiger partial charge in [0.15, 0.2) is 0 Å². The Bertz CT molecular complexity index is 894. The molecular weight excluding hydrogens is 380 g/mol. The van der Waals surface area contributed by atoms with E-state index < -0.39 is 0 Å². The van der Waals surface area contributed by atoms with Gasteiger partial charge in [-0.25, -0.2) is 4.98 Å². The molecular formula is C23H30N4O3. The van der Waals surface area contributed by atoms with Crippen molar-refractivity contribution in [1.82, 2.24) is 9.88 Å². The summed E-state index contributed by atoms with van der Waals surface area (Å²) in [6.45, 7) is 8.86. The average Bonchev–Trinajstić information content (AvgIpc) is 3.21. The third-order valence-electron chi connectivity index (χ3n) is 5.90. The molecule has 7 nitrogen and oxygen atoms in total. The lowest BCUT2D eigenvalue weighted by Crippen LogP contribution is -2.37. The molecule has 1 aromatic heterocycles. The third-order valence-corrected chi connectivity index (χ3v) is 5.90. The first-order valence-electron chi connectivity index (χ1n) is 10.6. The van der Waals surface area contributed by atoms with Crippen LogP contribution in [0.5, 0.6) is 5.75 Å². The molecule has 0 spiro atoms. The van der Waals surface area contributed by atoms with Gasteiger partial charge in [-0.2, -0.15) is 0 Å². The predicted octanol–water partition coefficient (Wildman–Crippen LogP) is 2.50. The van der Waals surface area contributed by atoms with Gasteiger partial charge in [0.1, 0.15) is 11.6 Å². The Kier molecular flexibility index (Phi) is 6.08. The summed E-state index contributed by atoms with van der Waals surface area (Å²) in [5.41, 5.74) is 4.27. The molecule has 30 heavy (non-hydrogen) atoms. The van der Waals surface area contributed by atoms with Crippen molar-refractivity contribution < 1.29 is 14.6 Å². The summed E-state index contributed by atoms with van der Waals surface area (Å²) in [7, 11) is 0. The van der Waals surface area contributed by atoms with Gasteiger partial charge in [0, 0.05) is 49.2 Å². The molecule has 0 unspecified atom stereocenters. The number of hydrogen-bond acceptors (Lipinski definition) is 6. The van der Waals surface area contributed by atoms with Gasteiger partial charge < -0.3 is 25.0 Å². The molecule has 7 heteroatoms. The van der Waals surface area contributed by atoms with E-state index in [1.54, 1.807) is 24.3 Å². The maximum absolute atomic E-state index is 12.7. The van der Waals surface area contributed by atoms with Crippen LogP contribution in [-0.4, -0.2) is 66.3 Å². The normalized spacial score (nSPS) is 19.2. The Balaban J connectivity index is 1.39. The van der Waals surface area contributed by atoms with Crippen molar-refractivity contribution in [3.63, 3.8) is 0 Å². The number of rotatable bonds is 5. The first kappa shape index (κ1) is 20.5. The average molecular weight is 411 g/mol. The molecule has 0 saturated carbocycles. The van der Waals surface area contributed by atoms with Crippen molar-refractivity contribution in [3.8, 4) is 5.75 Å². The fourth-order valence-electron chi connectivity index (χ4n) is 4.19. The molecule has 2 aliphatic rings. The highest BCUT2D eigenvalue weighted by atomic mass is 16.5. The van der Waals surface area contributed by atoms with Gasteiger partial charge in [0.2, 0.25) is 5.91 Å². The van der Waals surface area contributed by atoms with Crippen molar-refractivity contribution >= 4 is 17.4 Å². The number of likely N-dealkylation sites (tertiary alicyclic amines) is 1. The molecule has 2 aromatic rings. The van der Waals surface area contributed by atoms with Gasteiger partial charge in [0.25, 0.3) is 0 Å². The maximum atomic E-state index is 12.7. The highest BCUT2D eigenvalue weighted by Crippen LogP contribution is 2.28. The fraction of sp³-hybridized carbons (Fsp3) is 0.478. The Morgan fingerprint density at radius 1 is 1.20 bits per heavy atom. The quantitative estimate of drug-likeness (QED) is 0.789. The summed E-state index contributed by atoms with van der Waals surface area (Å²) >= 11 is 0. The summed E-state index contributed by atoms with van der Waals surface area (Å²) in [6, 6.07) is 9.18. The topological polar surface area (TPSA) is 77.9 Å². The van der Waals surface area contributed by atoms with Gasteiger partial charge in [-0.15, -0.1) is 0 Å². The van der Waals surface area contributed by atoms with Crippen molar-refractivity contribution in [3.05, 3.63) is 47.2 Å². The van der Waals surface area contributed by atoms with Crippen LogP contribution in [0.2, 0.25) is 0 Å². The zero-order valence-electron chi connectivity index (χ0n) is 17.7. The minimum Gasteiger partial charge on any atom is -0.508 e. The molecule has 1 atom stereocenters. The van der Waals surface area contributed by atoms with Crippen LogP contribution in [0.15, 0.2) is 30.3 Å². The van der Waals surface area contributed by atoms with E-state index in [1.807, 2.05) is 11.8 Å². The number of aromatic hydroxyl groups is 1. The number of nitrogens with zero attached hydrogens (tertiary/aromatic N) is 3. The van der Waals surface area contributed by atoms with Crippen molar-refractivity contribution in [2.24, 2.45) is 0 Å². The Labute approximate surface area is 177 Å². The van der Waals surface area contributed by atoms with Crippen LogP contribution in [0.4, 0.5) is 11.5 Å². The predicted molar refractivity (Wildman–Crippen MR) is 117 cm³/mol. The SMILES string of the molecule is Cc1cc(N2CCOCC2)c(C)c(N[C@H]2CCN(C(=O)Cc3ccc(O)cc3)C2)n1. The molecule has 3 heterocycles. The number of amides is 1. The maximum Gasteiger partial charge on any atom is 0.227 e. The van der Waals surface area contributed by atoms with Gasteiger partial charge in [-0.3, -0.25) is 4.79 Å². The number of nitrogens with one attached hydrogen (secondary N) is 1. The van der Waals surface area contributed by atoms with Crippen LogP contribution < -0.4 is 10.2 Å². The number of benzene rings is 1. The molecule has 2 aliphatic heterocycles. The highest BCUT2D eigenvalue weighted by molar-refractivity contribution is 5.79. The second kappa shape index (κ2) is 8.92. The summed E-state index contributed by atoms with van der Waals surface area (Å²) in [5.74, 6) is 1.25. The molecule has 2 saturated heterocycles. The minimum absolute atomic E-state index is 0.118. The molecule has 0 aliphatic carbocycles. The Morgan fingerprint density at radius 3 is 2.67 bits per heavy atom. The first-order valence-corrected chi connectivity index (χ1v) is 10.6. The number of hydrogen-bond donors (Lipinski definition) is 2. The smallest absolute Gasteiger partial charge is 0.227 e. The van der Waals surface area contributed by atoms with Crippen LogP contribution in [0.1, 0.15) is 23.2 Å².